The molecule has 0 spiro atoms. The Balaban J connectivity index is 3.02. The van der Waals surface area contributed by atoms with Crippen LogP contribution in [0.2, 0.25) is 0 Å². The van der Waals surface area contributed by atoms with Crippen LogP contribution in [-0.4, -0.2) is 40.9 Å². The van der Waals surface area contributed by atoms with E-state index in [1.165, 1.54) is 26.2 Å². The van der Waals surface area contributed by atoms with Gasteiger partial charge in [0.15, 0.2) is 9.84 Å². The quantitative estimate of drug-likeness (QED) is 0.559. The maximum atomic E-state index is 12.0. The van der Waals surface area contributed by atoms with Gasteiger partial charge in [0, 0.05) is 0 Å². The number of sulfone groups is 1. The summed E-state index contributed by atoms with van der Waals surface area (Å²) >= 11 is 0. The lowest BCUT2D eigenvalue weighted by molar-refractivity contribution is 0.284. The molecule has 0 aliphatic heterocycles. The van der Waals surface area contributed by atoms with E-state index in [1.807, 2.05) is 0 Å². The Morgan fingerprint density at radius 1 is 1.25 bits per heavy atom. The lowest BCUT2D eigenvalue weighted by atomic mass is 10.2. The number of benzene rings is 1. The predicted octanol–water partition coefficient (Wildman–Crippen LogP) is 0.179. The Morgan fingerprint density at radius 2 is 1.85 bits per heavy atom. The second-order valence-corrected chi connectivity index (χ2v) is 7.04. The third kappa shape index (κ3) is 4.07. The van der Waals surface area contributed by atoms with E-state index in [1.54, 1.807) is 0 Å². The van der Waals surface area contributed by atoms with Gasteiger partial charge in [-0.1, -0.05) is 0 Å². The fourth-order valence-corrected chi connectivity index (χ4v) is 3.33. The van der Waals surface area contributed by atoms with E-state index in [2.05, 4.69) is 4.18 Å². The molecule has 20 heavy (non-hydrogen) atoms. The van der Waals surface area contributed by atoms with E-state index in [0.29, 0.717) is 11.3 Å². The summed E-state index contributed by atoms with van der Waals surface area (Å²) < 4.78 is 62.1. The molecular formula is C10H15NO7S2. The van der Waals surface area contributed by atoms with Crippen molar-refractivity contribution >= 4 is 25.9 Å². The Morgan fingerprint density at radius 3 is 2.35 bits per heavy atom. The zero-order valence-corrected chi connectivity index (χ0v) is 12.5. The van der Waals surface area contributed by atoms with Crippen molar-refractivity contribution in [2.24, 2.45) is 0 Å². The maximum Gasteiger partial charge on any atom is 0.397 e. The molecule has 0 fully saturated rings. The molecular weight excluding hydrogens is 310 g/mol. The molecule has 0 aromatic heterocycles. The highest BCUT2D eigenvalue weighted by Gasteiger charge is 2.21. The average Bonchev–Trinajstić information content (AvgIpc) is 2.30. The van der Waals surface area contributed by atoms with Crippen molar-refractivity contribution in [1.29, 1.82) is 0 Å². The lowest BCUT2D eigenvalue weighted by Crippen LogP contribution is -2.16. The van der Waals surface area contributed by atoms with Crippen LogP contribution < -0.4 is 10.5 Å². The van der Waals surface area contributed by atoms with E-state index in [9.17, 15) is 16.8 Å². The van der Waals surface area contributed by atoms with Gasteiger partial charge in [-0.2, -0.15) is 8.42 Å². The Labute approximate surface area is 117 Å². The Hall–Kier alpha value is -1.36. The molecule has 0 amide bonds. The summed E-state index contributed by atoms with van der Waals surface area (Å²) in [5.74, 6) is -0.269. The number of hydrogen-bond donors (Lipinski definition) is 2. The molecule has 0 saturated heterocycles. The topological polar surface area (TPSA) is 133 Å². The number of rotatable bonds is 6. The Bertz CT molecular complexity index is 695. The van der Waals surface area contributed by atoms with Gasteiger partial charge in [0.2, 0.25) is 0 Å². The molecule has 1 aromatic rings. The number of ether oxygens (including phenoxy) is 1. The van der Waals surface area contributed by atoms with Gasteiger partial charge in [0.1, 0.15) is 5.75 Å². The van der Waals surface area contributed by atoms with Crippen LogP contribution >= 0.6 is 0 Å². The summed E-state index contributed by atoms with van der Waals surface area (Å²) in [7, 11) is -7.06. The van der Waals surface area contributed by atoms with Crippen LogP contribution in [0.4, 0.5) is 5.69 Å². The molecule has 0 heterocycles. The van der Waals surface area contributed by atoms with Gasteiger partial charge >= 0.3 is 10.4 Å². The van der Waals surface area contributed by atoms with E-state index in [0.717, 1.165) is 0 Å². The molecule has 0 radical (unpaired) electrons. The monoisotopic (exact) mass is 325 g/mol. The molecule has 0 aliphatic carbocycles. The number of hydrogen-bond acceptors (Lipinski definition) is 7. The number of methoxy groups -OCH3 is 1. The molecule has 0 atom stereocenters. The van der Waals surface area contributed by atoms with Gasteiger partial charge in [-0.25, -0.2) is 12.6 Å². The minimum absolute atomic E-state index is 0.0465. The van der Waals surface area contributed by atoms with E-state index < -0.39 is 32.6 Å². The standard InChI is InChI=1S/C10H15NO7S2/c1-7-9(4-3-8(17-2)10(7)11)19(12,13)6-5-18-20(14,15)16/h3-4H,5-6,11H2,1-2H3,(H,14,15,16). The van der Waals surface area contributed by atoms with Crippen molar-refractivity contribution in [3.05, 3.63) is 17.7 Å². The van der Waals surface area contributed by atoms with Crippen LogP contribution in [0.25, 0.3) is 0 Å². The number of anilines is 1. The zero-order chi connectivity index (χ0) is 15.6. The minimum atomic E-state index is -4.67. The first-order valence-electron chi connectivity index (χ1n) is 5.36. The highest BCUT2D eigenvalue weighted by atomic mass is 32.3. The van der Waals surface area contributed by atoms with Crippen LogP contribution in [0.5, 0.6) is 5.75 Å². The van der Waals surface area contributed by atoms with Crippen molar-refractivity contribution in [2.75, 3.05) is 25.2 Å². The van der Waals surface area contributed by atoms with E-state index in [4.69, 9.17) is 15.0 Å². The first kappa shape index (κ1) is 16.7. The SMILES string of the molecule is COc1ccc(S(=O)(=O)CCOS(=O)(=O)O)c(C)c1N. The molecule has 8 nitrogen and oxygen atoms in total. The summed E-state index contributed by atoms with van der Waals surface area (Å²) in [6, 6.07) is 2.71. The smallest absolute Gasteiger partial charge is 0.397 e. The van der Waals surface area contributed by atoms with Gasteiger partial charge < -0.3 is 10.5 Å². The normalized spacial score (nSPS) is 12.3. The van der Waals surface area contributed by atoms with Crippen molar-refractivity contribution in [3.8, 4) is 5.75 Å². The molecule has 1 rings (SSSR count). The van der Waals surface area contributed by atoms with Gasteiger partial charge in [-0.15, -0.1) is 0 Å². The second-order valence-electron chi connectivity index (χ2n) is 3.87. The molecule has 114 valence electrons. The highest BCUT2D eigenvalue weighted by Crippen LogP contribution is 2.30. The number of nitrogens with two attached hydrogens (primary N) is 1. The van der Waals surface area contributed by atoms with Crippen LogP contribution in [-0.2, 0) is 24.4 Å². The van der Waals surface area contributed by atoms with Gasteiger partial charge in [0.05, 0.1) is 30.1 Å². The summed E-state index contributed by atoms with van der Waals surface area (Å²) in [5.41, 5.74) is 6.22. The zero-order valence-electron chi connectivity index (χ0n) is 10.9. The van der Waals surface area contributed by atoms with Crippen molar-refractivity contribution in [3.63, 3.8) is 0 Å². The van der Waals surface area contributed by atoms with Crippen molar-refractivity contribution in [1.82, 2.24) is 0 Å². The molecule has 0 bridgehead atoms. The van der Waals surface area contributed by atoms with Gasteiger partial charge in [0.25, 0.3) is 0 Å². The predicted molar refractivity (Wildman–Crippen MR) is 71.7 cm³/mol. The largest absolute Gasteiger partial charge is 0.495 e. The van der Waals surface area contributed by atoms with Crippen molar-refractivity contribution in [2.45, 2.75) is 11.8 Å². The molecule has 3 N–H and O–H groups in total. The first-order valence-corrected chi connectivity index (χ1v) is 8.38. The number of nitrogen functional groups attached to an aromatic ring is 1. The highest BCUT2D eigenvalue weighted by molar-refractivity contribution is 7.91. The summed E-state index contributed by atoms with van der Waals surface area (Å²) in [4.78, 5) is -0.0465. The van der Waals surface area contributed by atoms with Crippen LogP contribution in [0.15, 0.2) is 17.0 Å². The fraction of sp³-hybridized carbons (Fsp3) is 0.400. The third-order valence-corrected chi connectivity index (χ3v) is 4.85. The molecule has 1 aromatic carbocycles. The molecule has 10 heteroatoms. The second kappa shape index (κ2) is 5.95. The first-order chi connectivity index (χ1) is 9.08. The lowest BCUT2D eigenvalue weighted by Gasteiger charge is -2.12. The molecule has 0 aliphatic rings. The van der Waals surface area contributed by atoms with Crippen molar-refractivity contribution < 1.29 is 30.3 Å². The van der Waals surface area contributed by atoms with Crippen LogP contribution in [0.1, 0.15) is 5.56 Å². The minimum Gasteiger partial charge on any atom is -0.495 e. The fourth-order valence-electron chi connectivity index (χ4n) is 1.56. The third-order valence-electron chi connectivity index (χ3n) is 2.56. The Kier molecular flexibility index (Phi) is 4.97. The van der Waals surface area contributed by atoms with Gasteiger partial charge in [-0.05, 0) is 24.6 Å². The van der Waals surface area contributed by atoms with Crippen LogP contribution in [0.3, 0.4) is 0 Å². The molecule has 0 saturated carbocycles. The summed E-state index contributed by atoms with van der Waals surface area (Å²) in [6.45, 7) is 0.820. The summed E-state index contributed by atoms with van der Waals surface area (Å²) in [6.07, 6.45) is 0. The maximum absolute atomic E-state index is 12.0. The van der Waals surface area contributed by atoms with E-state index >= 15 is 0 Å². The van der Waals surface area contributed by atoms with Gasteiger partial charge in [-0.3, -0.25) is 4.55 Å². The summed E-state index contributed by atoms with van der Waals surface area (Å²) in [5, 5.41) is 0. The average molecular weight is 325 g/mol. The van der Waals surface area contributed by atoms with Crippen LogP contribution in [0, 0.1) is 6.92 Å². The van der Waals surface area contributed by atoms with E-state index in [-0.39, 0.29) is 10.6 Å². The molecule has 0 unspecified atom stereocenters.